The summed E-state index contributed by atoms with van der Waals surface area (Å²) < 4.78 is 18.2. The first-order chi connectivity index (χ1) is 11.5. The number of primary amides is 1. The summed E-state index contributed by atoms with van der Waals surface area (Å²) in [4.78, 5) is 14.8. The van der Waals surface area contributed by atoms with Gasteiger partial charge in [-0.3, -0.25) is 4.79 Å². The van der Waals surface area contributed by atoms with E-state index in [0.717, 1.165) is 16.7 Å². The number of hydrogen-bond donors (Lipinski definition) is 1. The van der Waals surface area contributed by atoms with Crippen molar-refractivity contribution in [3.8, 4) is 11.1 Å². The molecule has 2 aromatic carbocycles. The highest BCUT2D eigenvalue weighted by molar-refractivity contribution is 6.31. The summed E-state index contributed by atoms with van der Waals surface area (Å²) in [7, 11) is 0. The van der Waals surface area contributed by atoms with E-state index in [0.29, 0.717) is 6.42 Å². The maximum atomic E-state index is 13.3. The van der Waals surface area contributed by atoms with E-state index in [2.05, 4.69) is 10.1 Å². The Kier molecular flexibility index (Phi) is 4.57. The number of benzene rings is 2. The largest absolute Gasteiger partial charge is 0.363 e. The fourth-order valence-electron chi connectivity index (χ4n) is 2.18. The number of nitrogens with two attached hydrogens (primary N) is 1. The number of nitrogens with zero attached hydrogens (tertiary/aromatic N) is 2. The van der Waals surface area contributed by atoms with Crippen LogP contribution in [0.1, 0.15) is 22.1 Å². The lowest BCUT2D eigenvalue weighted by Gasteiger charge is -2.06. The molecule has 121 valence electrons. The van der Waals surface area contributed by atoms with E-state index in [1.165, 1.54) is 6.07 Å². The Morgan fingerprint density at radius 3 is 2.75 bits per heavy atom. The minimum absolute atomic E-state index is 0.0781. The van der Waals surface area contributed by atoms with Crippen molar-refractivity contribution in [1.29, 1.82) is 0 Å². The fraction of sp³-hybridized carbons (Fsp3) is 0.0588. The van der Waals surface area contributed by atoms with Crippen molar-refractivity contribution in [2.45, 2.75) is 6.42 Å². The lowest BCUT2D eigenvalue weighted by atomic mass is 10.0. The number of halogens is 2. The molecule has 5 nitrogen and oxygen atoms in total. The molecule has 1 heterocycles. The summed E-state index contributed by atoms with van der Waals surface area (Å²) in [5.41, 5.74) is 7.77. The highest BCUT2D eigenvalue weighted by Crippen LogP contribution is 2.26. The number of rotatable bonds is 5. The van der Waals surface area contributed by atoms with Gasteiger partial charge in [-0.25, -0.2) is 4.39 Å². The van der Waals surface area contributed by atoms with E-state index in [-0.39, 0.29) is 16.7 Å². The molecule has 0 atom stereocenters. The molecule has 3 aromatic rings. The molecular weight excluding hydrogens is 333 g/mol. The summed E-state index contributed by atoms with van der Waals surface area (Å²) >= 11 is 5.83. The molecule has 1 radical (unpaired) electrons. The summed E-state index contributed by atoms with van der Waals surface area (Å²) in [6, 6.07) is 12.3. The minimum atomic E-state index is -0.742. The van der Waals surface area contributed by atoms with E-state index in [1.54, 1.807) is 18.6 Å². The van der Waals surface area contributed by atoms with Crippen molar-refractivity contribution in [2.75, 3.05) is 0 Å². The van der Waals surface area contributed by atoms with Gasteiger partial charge in [0.2, 0.25) is 5.89 Å². The highest BCUT2D eigenvalue weighted by Gasteiger charge is 2.11. The molecule has 0 saturated heterocycles. The third kappa shape index (κ3) is 3.60. The molecule has 3 rings (SSSR count). The fourth-order valence-corrected chi connectivity index (χ4v) is 2.36. The summed E-state index contributed by atoms with van der Waals surface area (Å²) in [6.45, 7) is 0. The molecule has 0 spiro atoms. The first kappa shape index (κ1) is 16.1. The van der Waals surface area contributed by atoms with Gasteiger partial charge in [0.15, 0.2) is 0 Å². The predicted molar refractivity (Wildman–Crippen MR) is 86.8 cm³/mol. The van der Waals surface area contributed by atoms with Crippen LogP contribution in [0.5, 0.6) is 0 Å². The molecule has 0 bridgehead atoms. The second-order valence-corrected chi connectivity index (χ2v) is 5.47. The quantitative estimate of drug-likeness (QED) is 0.768. The van der Waals surface area contributed by atoms with Gasteiger partial charge >= 0.3 is 0 Å². The van der Waals surface area contributed by atoms with Gasteiger partial charge in [-0.2, -0.15) is 4.98 Å². The maximum Gasteiger partial charge on any atom is 0.290 e. The van der Waals surface area contributed by atoms with Crippen LogP contribution in [-0.4, -0.2) is 16.0 Å². The predicted octanol–water partition coefficient (Wildman–Crippen LogP) is 3.42. The SMILES string of the molecule is NC(=O)c1noc([CH]Cc2cccc(-c3ccc(F)c(Cl)c3)c2)n1. The third-order valence-electron chi connectivity index (χ3n) is 3.35. The number of carbonyl (C=O) groups excluding carboxylic acids is 1. The second-order valence-electron chi connectivity index (χ2n) is 5.06. The maximum absolute atomic E-state index is 13.3. The Morgan fingerprint density at radius 1 is 1.25 bits per heavy atom. The minimum Gasteiger partial charge on any atom is -0.363 e. The zero-order valence-electron chi connectivity index (χ0n) is 12.4. The number of hydrogen-bond acceptors (Lipinski definition) is 4. The average molecular weight is 345 g/mol. The van der Waals surface area contributed by atoms with Crippen LogP contribution in [0.15, 0.2) is 47.0 Å². The van der Waals surface area contributed by atoms with Gasteiger partial charge in [0.1, 0.15) is 5.82 Å². The van der Waals surface area contributed by atoms with E-state index < -0.39 is 11.7 Å². The standard InChI is InChI=1S/C17H12ClFN3O2/c18-13-9-12(5-6-14(13)19)11-3-1-2-10(8-11)4-7-15-21-17(16(20)23)22-24-15/h1-3,5-9H,4H2,(H2,20,23). The monoisotopic (exact) mass is 344 g/mol. The molecule has 24 heavy (non-hydrogen) atoms. The van der Waals surface area contributed by atoms with Crippen LogP contribution in [0.25, 0.3) is 11.1 Å². The smallest absolute Gasteiger partial charge is 0.290 e. The van der Waals surface area contributed by atoms with Gasteiger partial charge in [-0.1, -0.05) is 47.1 Å². The van der Waals surface area contributed by atoms with Crippen LogP contribution < -0.4 is 5.73 Å². The van der Waals surface area contributed by atoms with Gasteiger partial charge < -0.3 is 10.3 Å². The number of amides is 1. The summed E-state index contributed by atoms with van der Waals surface area (Å²) in [5, 5.41) is 3.55. The van der Waals surface area contributed by atoms with Gasteiger partial charge in [0, 0.05) is 0 Å². The van der Waals surface area contributed by atoms with Crippen LogP contribution >= 0.6 is 11.6 Å². The molecule has 2 N–H and O–H groups in total. The normalized spacial score (nSPS) is 10.8. The molecule has 1 aromatic heterocycles. The van der Waals surface area contributed by atoms with Gasteiger partial charge in [0.25, 0.3) is 11.7 Å². The summed E-state index contributed by atoms with van der Waals surface area (Å²) in [5.74, 6) is -1.13. The van der Waals surface area contributed by atoms with Crippen LogP contribution in [0.2, 0.25) is 5.02 Å². The van der Waals surface area contributed by atoms with Gasteiger partial charge in [-0.15, -0.1) is 0 Å². The topological polar surface area (TPSA) is 82.0 Å². The Labute approximate surface area is 142 Å². The van der Waals surface area contributed by atoms with Crippen LogP contribution in [0, 0.1) is 12.2 Å². The highest BCUT2D eigenvalue weighted by atomic mass is 35.5. The molecule has 0 aliphatic heterocycles. The zero-order chi connectivity index (χ0) is 17.1. The van der Waals surface area contributed by atoms with E-state index in [4.69, 9.17) is 21.9 Å². The lowest BCUT2D eigenvalue weighted by Crippen LogP contribution is -2.12. The van der Waals surface area contributed by atoms with Crippen molar-refractivity contribution in [3.05, 3.63) is 77.0 Å². The van der Waals surface area contributed by atoms with E-state index in [9.17, 15) is 9.18 Å². The van der Waals surface area contributed by atoms with Crippen LogP contribution in [0.4, 0.5) is 4.39 Å². The van der Waals surface area contributed by atoms with Crippen molar-refractivity contribution in [3.63, 3.8) is 0 Å². The van der Waals surface area contributed by atoms with Crippen molar-refractivity contribution >= 4 is 17.5 Å². The molecule has 0 aliphatic rings. The lowest BCUT2D eigenvalue weighted by molar-refractivity contribution is 0.0987. The Balaban J connectivity index is 1.75. The van der Waals surface area contributed by atoms with Gasteiger partial charge in [0.05, 0.1) is 11.4 Å². The summed E-state index contributed by atoms with van der Waals surface area (Å²) in [6.07, 6.45) is 2.21. The Morgan fingerprint density at radius 2 is 2.04 bits per heavy atom. The molecule has 0 fully saturated rings. The third-order valence-corrected chi connectivity index (χ3v) is 3.64. The second kappa shape index (κ2) is 6.80. The van der Waals surface area contributed by atoms with E-state index >= 15 is 0 Å². The van der Waals surface area contributed by atoms with Gasteiger partial charge in [-0.05, 0) is 35.2 Å². The molecule has 0 aliphatic carbocycles. The molecule has 0 saturated carbocycles. The molecule has 7 heteroatoms. The molecule has 1 amide bonds. The average Bonchev–Trinajstić information content (AvgIpc) is 3.05. The van der Waals surface area contributed by atoms with E-state index in [1.807, 2.05) is 24.3 Å². The number of carbonyl (C=O) groups is 1. The van der Waals surface area contributed by atoms with Crippen LogP contribution in [-0.2, 0) is 6.42 Å². The first-order valence-electron chi connectivity index (χ1n) is 7.04. The first-order valence-corrected chi connectivity index (χ1v) is 7.42. The van der Waals surface area contributed by atoms with Crippen molar-refractivity contribution < 1.29 is 13.7 Å². The number of aromatic nitrogens is 2. The zero-order valence-corrected chi connectivity index (χ0v) is 13.1. The van der Waals surface area contributed by atoms with Crippen molar-refractivity contribution in [2.24, 2.45) is 5.73 Å². The Hall–Kier alpha value is -2.73. The molecule has 0 unspecified atom stereocenters. The van der Waals surface area contributed by atoms with Crippen molar-refractivity contribution in [1.82, 2.24) is 10.1 Å². The van der Waals surface area contributed by atoms with Crippen LogP contribution in [0.3, 0.4) is 0 Å². The molecular formula is C17H12ClFN3O2. The Bertz CT molecular complexity index is 895.